The summed E-state index contributed by atoms with van der Waals surface area (Å²) in [6.45, 7) is 5.95. The van der Waals surface area contributed by atoms with Gasteiger partial charge in [0, 0.05) is 31.2 Å². The summed E-state index contributed by atoms with van der Waals surface area (Å²) in [4.78, 5) is 23.1. The Morgan fingerprint density at radius 2 is 1.68 bits per heavy atom. The summed E-state index contributed by atoms with van der Waals surface area (Å²) in [6.07, 6.45) is 5.56. The molecular weight excluding hydrogens is 276 g/mol. The van der Waals surface area contributed by atoms with Gasteiger partial charge in [0.15, 0.2) is 0 Å². The van der Waals surface area contributed by atoms with Gasteiger partial charge in [-0.05, 0) is 37.8 Å². The largest absolute Gasteiger partial charge is 0.341 e. The van der Waals surface area contributed by atoms with Crippen molar-refractivity contribution in [1.29, 1.82) is 0 Å². The summed E-state index contributed by atoms with van der Waals surface area (Å²) in [5, 5.41) is 2.95. The van der Waals surface area contributed by atoms with Gasteiger partial charge in [0.2, 0.25) is 5.95 Å². The van der Waals surface area contributed by atoms with Gasteiger partial charge in [0.25, 0.3) is 5.91 Å². The molecule has 114 valence electrons. The summed E-state index contributed by atoms with van der Waals surface area (Å²) >= 11 is 0. The summed E-state index contributed by atoms with van der Waals surface area (Å²) in [7, 11) is 0. The molecular formula is C17H20N4O. The highest BCUT2D eigenvalue weighted by molar-refractivity contribution is 6.04. The number of nitrogens with one attached hydrogen (secondary N) is 1. The number of hydrogen-bond acceptors (Lipinski definition) is 4. The molecule has 1 aromatic carbocycles. The molecule has 3 rings (SSSR count). The lowest BCUT2D eigenvalue weighted by atomic mass is 10.1. The first-order valence-electron chi connectivity index (χ1n) is 7.60. The van der Waals surface area contributed by atoms with Gasteiger partial charge in [0.1, 0.15) is 0 Å². The van der Waals surface area contributed by atoms with E-state index < -0.39 is 0 Å². The van der Waals surface area contributed by atoms with Crippen molar-refractivity contribution in [3.63, 3.8) is 0 Å². The smallest absolute Gasteiger partial charge is 0.258 e. The molecule has 1 saturated heterocycles. The van der Waals surface area contributed by atoms with Crippen LogP contribution >= 0.6 is 0 Å². The Morgan fingerprint density at radius 3 is 2.27 bits per heavy atom. The molecule has 1 aliphatic rings. The van der Waals surface area contributed by atoms with E-state index in [0.29, 0.717) is 11.5 Å². The molecule has 5 heteroatoms. The van der Waals surface area contributed by atoms with E-state index in [2.05, 4.69) is 20.2 Å². The van der Waals surface area contributed by atoms with Crippen molar-refractivity contribution in [1.82, 2.24) is 9.97 Å². The normalized spacial score (nSPS) is 14.2. The average molecular weight is 296 g/mol. The Bertz CT molecular complexity index is 655. The Morgan fingerprint density at radius 1 is 1.09 bits per heavy atom. The van der Waals surface area contributed by atoms with Gasteiger partial charge in [0.05, 0.1) is 5.56 Å². The lowest BCUT2D eigenvalue weighted by Crippen LogP contribution is -2.21. The second-order valence-electron chi connectivity index (χ2n) is 5.69. The molecule has 0 aliphatic carbocycles. The highest BCUT2D eigenvalue weighted by Gasteiger charge is 2.16. The Balaban J connectivity index is 1.75. The molecule has 1 aliphatic heterocycles. The number of benzene rings is 1. The van der Waals surface area contributed by atoms with Crippen LogP contribution in [0.5, 0.6) is 0 Å². The molecule has 0 bridgehead atoms. The van der Waals surface area contributed by atoms with E-state index in [0.717, 1.165) is 29.9 Å². The number of para-hydroxylation sites is 1. The van der Waals surface area contributed by atoms with Crippen molar-refractivity contribution >= 4 is 17.5 Å². The number of aromatic nitrogens is 2. The van der Waals surface area contributed by atoms with E-state index >= 15 is 0 Å². The average Bonchev–Trinajstić information content (AvgIpc) is 3.05. The second-order valence-corrected chi connectivity index (χ2v) is 5.69. The standard InChI is InChI=1S/C17H20N4O/c1-12-6-5-7-13(2)15(12)20-16(22)14-10-18-17(19-11-14)21-8-3-4-9-21/h5-7,10-11H,3-4,8-9H2,1-2H3,(H,20,22). The van der Waals surface area contributed by atoms with Crippen molar-refractivity contribution in [2.45, 2.75) is 26.7 Å². The number of anilines is 2. The summed E-state index contributed by atoms with van der Waals surface area (Å²) in [5.41, 5.74) is 3.42. The molecule has 0 spiro atoms. The maximum Gasteiger partial charge on any atom is 0.258 e. The van der Waals surface area contributed by atoms with Crippen LogP contribution in [-0.4, -0.2) is 29.0 Å². The van der Waals surface area contributed by atoms with Crippen LogP contribution in [0.3, 0.4) is 0 Å². The first-order chi connectivity index (χ1) is 10.6. The lowest BCUT2D eigenvalue weighted by molar-refractivity contribution is 0.102. The number of nitrogens with zero attached hydrogens (tertiary/aromatic N) is 3. The van der Waals surface area contributed by atoms with Crippen molar-refractivity contribution in [2.24, 2.45) is 0 Å². The SMILES string of the molecule is Cc1cccc(C)c1NC(=O)c1cnc(N2CCCC2)nc1. The quantitative estimate of drug-likeness (QED) is 0.946. The number of amides is 1. The van der Waals surface area contributed by atoms with Crippen LogP contribution in [0.1, 0.15) is 34.3 Å². The van der Waals surface area contributed by atoms with Crippen LogP contribution in [0.25, 0.3) is 0 Å². The van der Waals surface area contributed by atoms with Crippen molar-refractivity contribution in [3.8, 4) is 0 Å². The fourth-order valence-corrected chi connectivity index (χ4v) is 2.72. The third kappa shape index (κ3) is 2.93. The van der Waals surface area contributed by atoms with Gasteiger partial charge >= 0.3 is 0 Å². The first kappa shape index (κ1) is 14.5. The van der Waals surface area contributed by atoms with Gasteiger partial charge < -0.3 is 10.2 Å². The molecule has 2 aromatic rings. The van der Waals surface area contributed by atoms with Crippen molar-refractivity contribution in [2.75, 3.05) is 23.3 Å². The Labute approximate surface area is 130 Å². The van der Waals surface area contributed by atoms with Crippen molar-refractivity contribution < 1.29 is 4.79 Å². The number of carbonyl (C=O) groups is 1. The molecule has 0 saturated carbocycles. The third-order valence-electron chi connectivity index (χ3n) is 4.01. The topological polar surface area (TPSA) is 58.1 Å². The Kier molecular flexibility index (Phi) is 4.04. The van der Waals surface area contributed by atoms with Crippen LogP contribution in [0, 0.1) is 13.8 Å². The molecule has 1 aromatic heterocycles. The van der Waals surface area contributed by atoms with Crippen molar-refractivity contribution in [3.05, 3.63) is 47.3 Å². The zero-order valence-electron chi connectivity index (χ0n) is 13.0. The minimum Gasteiger partial charge on any atom is -0.341 e. The highest BCUT2D eigenvalue weighted by atomic mass is 16.1. The van der Waals surface area contributed by atoms with Crippen LogP contribution < -0.4 is 10.2 Å². The lowest BCUT2D eigenvalue weighted by Gasteiger charge is -2.15. The molecule has 1 N–H and O–H groups in total. The summed E-state index contributed by atoms with van der Waals surface area (Å²) in [6, 6.07) is 5.94. The number of carbonyl (C=O) groups excluding carboxylic acids is 1. The van der Waals surface area contributed by atoms with E-state index in [4.69, 9.17) is 0 Å². The molecule has 22 heavy (non-hydrogen) atoms. The van der Waals surface area contributed by atoms with Gasteiger partial charge in [-0.25, -0.2) is 9.97 Å². The van der Waals surface area contributed by atoms with E-state index in [9.17, 15) is 4.79 Å². The molecule has 0 unspecified atom stereocenters. The van der Waals surface area contributed by atoms with Crippen LogP contribution in [-0.2, 0) is 0 Å². The molecule has 1 fully saturated rings. The third-order valence-corrected chi connectivity index (χ3v) is 4.01. The highest BCUT2D eigenvalue weighted by Crippen LogP contribution is 2.20. The summed E-state index contributed by atoms with van der Waals surface area (Å²) < 4.78 is 0. The van der Waals surface area contributed by atoms with E-state index in [1.807, 2.05) is 32.0 Å². The predicted molar refractivity (Wildman–Crippen MR) is 87.3 cm³/mol. The molecule has 0 atom stereocenters. The zero-order valence-corrected chi connectivity index (χ0v) is 13.0. The number of hydrogen-bond donors (Lipinski definition) is 1. The Hall–Kier alpha value is -2.43. The van der Waals surface area contributed by atoms with Crippen LogP contribution in [0.2, 0.25) is 0 Å². The van der Waals surface area contributed by atoms with E-state index in [-0.39, 0.29) is 5.91 Å². The van der Waals surface area contributed by atoms with Crippen LogP contribution in [0.4, 0.5) is 11.6 Å². The van der Waals surface area contributed by atoms with Gasteiger partial charge in [-0.2, -0.15) is 0 Å². The van der Waals surface area contributed by atoms with Gasteiger partial charge in [-0.3, -0.25) is 4.79 Å². The van der Waals surface area contributed by atoms with E-state index in [1.54, 1.807) is 12.4 Å². The fraction of sp³-hybridized carbons (Fsp3) is 0.353. The van der Waals surface area contributed by atoms with Gasteiger partial charge in [-0.1, -0.05) is 18.2 Å². The second kappa shape index (κ2) is 6.13. The minimum absolute atomic E-state index is 0.176. The first-order valence-corrected chi connectivity index (χ1v) is 7.60. The monoisotopic (exact) mass is 296 g/mol. The number of aryl methyl sites for hydroxylation is 2. The fourth-order valence-electron chi connectivity index (χ4n) is 2.72. The molecule has 2 heterocycles. The molecule has 5 nitrogen and oxygen atoms in total. The maximum atomic E-state index is 12.3. The van der Waals surface area contributed by atoms with Gasteiger partial charge in [-0.15, -0.1) is 0 Å². The maximum absolute atomic E-state index is 12.3. The molecule has 0 radical (unpaired) electrons. The minimum atomic E-state index is -0.176. The zero-order chi connectivity index (χ0) is 15.5. The van der Waals surface area contributed by atoms with E-state index in [1.165, 1.54) is 12.8 Å². The summed E-state index contributed by atoms with van der Waals surface area (Å²) in [5.74, 6) is 0.534. The van der Waals surface area contributed by atoms with Crippen LogP contribution in [0.15, 0.2) is 30.6 Å². The predicted octanol–water partition coefficient (Wildman–Crippen LogP) is 2.95. The number of rotatable bonds is 3. The molecule has 1 amide bonds.